The Labute approximate surface area is 79.9 Å². The van der Waals surface area contributed by atoms with Gasteiger partial charge >= 0.3 is 0 Å². The normalized spacial score (nSPS) is 53.4. The zero-order valence-electron chi connectivity index (χ0n) is 8.11. The molecule has 13 heavy (non-hydrogen) atoms. The van der Waals surface area contributed by atoms with Crippen LogP contribution in [0.1, 0.15) is 38.5 Å². The van der Waals surface area contributed by atoms with Gasteiger partial charge < -0.3 is 4.79 Å². The predicted octanol–water partition coefficient (Wildman–Crippen LogP) is 2.65. The summed E-state index contributed by atoms with van der Waals surface area (Å²) >= 11 is 0. The van der Waals surface area contributed by atoms with Gasteiger partial charge in [-0.1, -0.05) is 6.42 Å². The minimum absolute atomic E-state index is 0.435. The molecule has 3 saturated carbocycles. The van der Waals surface area contributed by atoms with Crippen molar-refractivity contribution < 1.29 is 4.79 Å². The molecule has 72 valence electrons. The lowest BCUT2D eigenvalue weighted by Gasteiger charge is -2.50. The molecule has 0 spiro atoms. The van der Waals surface area contributed by atoms with E-state index in [1.165, 1.54) is 44.8 Å². The number of carbonyl (C=O) groups is 1. The van der Waals surface area contributed by atoms with E-state index in [0.717, 1.165) is 23.7 Å². The average molecular weight is 178 g/mol. The van der Waals surface area contributed by atoms with Gasteiger partial charge in [0.05, 0.1) is 0 Å². The zero-order valence-corrected chi connectivity index (χ0v) is 8.11. The van der Waals surface area contributed by atoms with Gasteiger partial charge in [0.2, 0.25) is 0 Å². The Hall–Kier alpha value is -0.330. The summed E-state index contributed by atoms with van der Waals surface area (Å²) in [6.07, 6.45) is 9.59. The highest BCUT2D eigenvalue weighted by atomic mass is 16.1. The maximum absolute atomic E-state index is 11.0. The molecule has 0 aromatic carbocycles. The van der Waals surface area contributed by atoms with E-state index >= 15 is 0 Å². The maximum atomic E-state index is 11.0. The standard InChI is InChI=1S/C12H18O/c13-7-11-6-9-3-8-1-2-12(11)10(4-8)5-9/h7-12H,1-6H2. The number of hydrogen-bond acceptors (Lipinski definition) is 1. The smallest absolute Gasteiger partial charge is 0.123 e. The Balaban J connectivity index is 1.88. The fourth-order valence-electron chi connectivity index (χ4n) is 4.34. The average Bonchev–Trinajstić information content (AvgIpc) is 2.13. The van der Waals surface area contributed by atoms with Crippen LogP contribution >= 0.6 is 0 Å². The third-order valence-electron chi connectivity index (χ3n) is 4.78. The number of hydrogen-bond donors (Lipinski definition) is 0. The van der Waals surface area contributed by atoms with Gasteiger partial charge in [0.15, 0.2) is 0 Å². The van der Waals surface area contributed by atoms with Crippen molar-refractivity contribution in [3.8, 4) is 0 Å². The fourth-order valence-corrected chi connectivity index (χ4v) is 4.34. The van der Waals surface area contributed by atoms with Crippen LogP contribution in [0.15, 0.2) is 0 Å². The SMILES string of the molecule is O=CC1CC2CC3CCC1C(C3)C2. The summed E-state index contributed by atoms with van der Waals surface area (Å²) in [5.41, 5.74) is 0. The molecule has 5 atom stereocenters. The molecule has 0 aromatic heterocycles. The van der Waals surface area contributed by atoms with Crippen LogP contribution in [0.3, 0.4) is 0 Å². The van der Waals surface area contributed by atoms with Gasteiger partial charge in [-0.25, -0.2) is 0 Å². The van der Waals surface area contributed by atoms with Gasteiger partial charge in [-0.3, -0.25) is 0 Å². The molecule has 0 N–H and O–H groups in total. The maximum Gasteiger partial charge on any atom is 0.123 e. The fraction of sp³-hybridized carbons (Fsp3) is 0.917. The van der Waals surface area contributed by atoms with Crippen molar-refractivity contribution in [3.63, 3.8) is 0 Å². The summed E-state index contributed by atoms with van der Waals surface area (Å²) in [6, 6.07) is 0. The predicted molar refractivity (Wildman–Crippen MR) is 51.2 cm³/mol. The van der Waals surface area contributed by atoms with E-state index in [1.54, 1.807) is 0 Å². The molecule has 3 bridgehead atoms. The minimum Gasteiger partial charge on any atom is -0.303 e. The van der Waals surface area contributed by atoms with Gasteiger partial charge in [0.25, 0.3) is 0 Å². The van der Waals surface area contributed by atoms with E-state index in [2.05, 4.69) is 0 Å². The Morgan fingerprint density at radius 3 is 2.62 bits per heavy atom. The molecule has 0 amide bonds. The third kappa shape index (κ3) is 1.16. The summed E-state index contributed by atoms with van der Waals surface area (Å²) in [5, 5.41) is 0. The first-order valence-electron chi connectivity index (χ1n) is 5.82. The molecule has 3 aliphatic carbocycles. The van der Waals surface area contributed by atoms with Crippen molar-refractivity contribution in [1.29, 1.82) is 0 Å². The second kappa shape index (κ2) is 2.83. The molecule has 1 nitrogen and oxygen atoms in total. The van der Waals surface area contributed by atoms with Crippen molar-refractivity contribution in [2.24, 2.45) is 29.6 Å². The second-order valence-electron chi connectivity index (χ2n) is 5.48. The van der Waals surface area contributed by atoms with Crippen LogP contribution < -0.4 is 0 Å². The van der Waals surface area contributed by atoms with Gasteiger partial charge in [-0.15, -0.1) is 0 Å². The molecule has 0 aliphatic heterocycles. The first kappa shape index (κ1) is 8.02. The minimum atomic E-state index is 0.435. The quantitative estimate of drug-likeness (QED) is 0.564. The molecular formula is C12H18O. The summed E-state index contributed by atoms with van der Waals surface area (Å²) < 4.78 is 0. The van der Waals surface area contributed by atoms with E-state index in [1.807, 2.05) is 0 Å². The Bertz CT molecular complexity index is 217. The molecule has 0 radical (unpaired) electrons. The monoisotopic (exact) mass is 178 g/mol. The number of carbonyl (C=O) groups excluding carboxylic acids is 1. The Morgan fingerprint density at radius 2 is 1.77 bits per heavy atom. The van der Waals surface area contributed by atoms with Crippen molar-refractivity contribution in [3.05, 3.63) is 0 Å². The summed E-state index contributed by atoms with van der Waals surface area (Å²) in [4.78, 5) is 11.0. The Kier molecular flexibility index (Phi) is 1.75. The molecule has 0 heterocycles. The van der Waals surface area contributed by atoms with Crippen molar-refractivity contribution in [2.75, 3.05) is 0 Å². The third-order valence-corrected chi connectivity index (χ3v) is 4.78. The highest BCUT2D eigenvalue weighted by Crippen LogP contribution is 2.53. The molecule has 0 saturated heterocycles. The highest BCUT2D eigenvalue weighted by molar-refractivity contribution is 5.54. The van der Waals surface area contributed by atoms with Crippen molar-refractivity contribution >= 4 is 6.29 Å². The van der Waals surface area contributed by atoms with Crippen molar-refractivity contribution in [1.82, 2.24) is 0 Å². The van der Waals surface area contributed by atoms with Crippen LogP contribution in [0.4, 0.5) is 0 Å². The van der Waals surface area contributed by atoms with Crippen LogP contribution in [-0.4, -0.2) is 6.29 Å². The van der Waals surface area contributed by atoms with Crippen molar-refractivity contribution in [2.45, 2.75) is 38.5 Å². The van der Waals surface area contributed by atoms with Crippen LogP contribution in [0, 0.1) is 29.6 Å². The summed E-state index contributed by atoms with van der Waals surface area (Å²) in [6.45, 7) is 0. The molecular weight excluding hydrogens is 160 g/mol. The first-order chi connectivity index (χ1) is 6.36. The number of aldehydes is 1. The zero-order chi connectivity index (χ0) is 8.84. The number of rotatable bonds is 1. The number of fused-ring (bicyclic) bond motifs is 2. The lowest BCUT2D eigenvalue weighted by molar-refractivity contribution is -0.118. The van der Waals surface area contributed by atoms with E-state index in [-0.39, 0.29) is 0 Å². The molecule has 3 aliphatic rings. The first-order valence-corrected chi connectivity index (χ1v) is 5.82. The highest BCUT2D eigenvalue weighted by Gasteiger charge is 2.45. The molecule has 3 fully saturated rings. The summed E-state index contributed by atoms with van der Waals surface area (Å²) in [5.74, 6) is 4.10. The van der Waals surface area contributed by atoms with E-state index < -0.39 is 0 Å². The van der Waals surface area contributed by atoms with Crippen LogP contribution in [-0.2, 0) is 4.79 Å². The van der Waals surface area contributed by atoms with Gasteiger partial charge in [0, 0.05) is 5.92 Å². The molecule has 1 heteroatoms. The van der Waals surface area contributed by atoms with E-state index in [4.69, 9.17) is 0 Å². The topological polar surface area (TPSA) is 17.1 Å². The second-order valence-corrected chi connectivity index (χ2v) is 5.48. The van der Waals surface area contributed by atoms with E-state index in [0.29, 0.717) is 5.92 Å². The van der Waals surface area contributed by atoms with Gasteiger partial charge in [-0.2, -0.15) is 0 Å². The summed E-state index contributed by atoms with van der Waals surface area (Å²) in [7, 11) is 0. The Morgan fingerprint density at radius 1 is 0.923 bits per heavy atom. The van der Waals surface area contributed by atoms with Crippen LogP contribution in [0.25, 0.3) is 0 Å². The van der Waals surface area contributed by atoms with E-state index in [9.17, 15) is 4.79 Å². The van der Waals surface area contributed by atoms with Gasteiger partial charge in [-0.05, 0) is 55.8 Å². The lowest BCUT2D eigenvalue weighted by Crippen LogP contribution is -2.42. The van der Waals surface area contributed by atoms with Gasteiger partial charge in [0.1, 0.15) is 6.29 Å². The molecule has 0 aromatic rings. The molecule has 3 rings (SSSR count). The van der Waals surface area contributed by atoms with Crippen LogP contribution in [0.5, 0.6) is 0 Å². The van der Waals surface area contributed by atoms with Crippen LogP contribution in [0.2, 0.25) is 0 Å². The lowest BCUT2D eigenvalue weighted by atomic mass is 9.54. The largest absolute Gasteiger partial charge is 0.303 e. The molecule has 5 unspecified atom stereocenters.